The Morgan fingerprint density at radius 2 is 2.16 bits per heavy atom. The molecular formula is C14H9IN4. The van der Waals surface area contributed by atoms with Crippen LogP contribution in [-0.4, -0.2) is 15.0 Å². The van der Waals surface area contributed by atoms with Gasteiger partial charge in [0.05, 0.1) is 9.09 Å². The number of fused-ring (bicyclic) bond motifs is 1. The van der Waals surface area contributed by atoms with Gasteiger partial charge in [0.25, 0.3) is 0 Å². The summed E-state index contributed by atoms with van der Waals surface area (Å²) >= 11 is 2.21. The van der Waals surface area contributed by atoms with E-state index < -0.39 is 0 Å². The molecule has 0 aliphatic heterocycles. The van der Waals surface area contributed by atoms with E-state index >= 15 is 0 Å². The van der Waals surface area contributed by atoms with Crippen molar-refractivity contribution < 1.29 is 0 Å². The van der Waals surface area contributed by atoms with Crippen LogP contribution in [0.4, 0.5) is 11.5 Å². The maximum Gasteiger partial charge on any atom is 0.143 e. The lowest BCUT2D eigenvalue weighted by Crippen LogP contribution is -1.95. The predicted molar refractivity (Wildman–Crippen MR) is 84.3 cm³/mol. The number of aromatic nitrogens is 3. The van der Waals surface area contributed by atoms with Crippen molar-refractivity contribution in [1.29, 1.82) is 0 Å². The molecule has 3 rings (SSSR count). The minimum absolute atomic E-state index is 0.762. The van der Waals surface area contributed by atoms with Crippen LogP contribution < -0.4 is 5.32 Å². The minimum atomic E-state index is 0.762. The molecule has 0 aliphatic rings. The van der Waals surface area contributed by atoms with Gasteiger partial charge in [0.1, 0.15) is 17.8 Å². The van der Waals surface area contributed by atoms with Gasteiger partial charge >= 0.3 is 0 Å². The second kappa shape index (κ2) is 4.90. The Morgan fingerprint density at radius 1 is 1.26 bits per heavy atom. The van der Waals surface area contributed by atoms with Gasteiger partial charge in [0.2, 0.25) is 0 Å². The van der Waals surface area contributed by atoms with Crippen molar-refractivity contribution in [3.8, 4) is 12.3 Å². The lowest BCUT2D eigenvalue weighted by molar-refractivity contribution is 1.19. The van der Waals surface area contributed by atoms with E-state index in [-0.39, 0.29) is 0 Å². The normalized spacial score (nSPS) is 10.3. The van der Waals surface area contributed by atoms with Crippen LogP contribution in [0.25, 0.3) is 11.0 Å². The molecule has 0 bridgehead atoms. The van der Waals surface area contributed by atoms with E-state index in [9.17, 15) is 0 Å². The zero-order valence-electron chi connectivity index (χ0n) is 9.81. The predicted octanol–water partition coefficient (Wildman–Crippen LogP) is 3.29. The molecule has 92 valence electrons. The van der Waals surface area contributed by atoms with E-state index in [2.05, 4.69) is 48.8 Å². The summed E-state index contributed by atoms with van der Waals surface area (Å²) in [6, 6.07) is 9.66. The van der Waals surface area contributed by atoms with Crippen LogP contribution in [0.3, 0.4) is 0 Å². The van der Waals surface area contributed by atoms with Gasteiger partial charge in [0, 0.05) is 11.3 Å². The highest BCUT2D eigenvalue weighted by Gasteiger charge is 2.07. The molecule has 0 atom stereocenters. The number of nitrogens with zero attached hydrogens (tertiary/aromatic N) is 2. The standard InChI is InChI=1S/C14H9IN4/c1-2-9-4-3-5-10(6-9)18-13-11-7-12(15)19-14(11)17-8-16-13/h1,3-8H,(H2,16,17,18,19). The maximum atomic E-state index is 5.40. The van der Waals surface area contributed by atoms with E-state index in [4.69, 9.17) is 6.42 Å². The van der Waals surface area contributed by atoms with Gasteiger partial charge in [-0.3, -0.25) is 0 Å². The first-order chi connectivity index (χ1) is 9.26. The number of H-pyrrole nitrogens is 1. The highest BCUT2D eigenvalue weighted by Crippen LogP contribution is 2.24. The molecule has 3 aromatic rings. The number of hydrogen-bond acceptors (Lipinski definition) is 3. The average Bonchev–Trinajstić information content (AvgIpc) is 2.80. The van der Waals surface area contributed by atoms with Gasteiger partial charge in [-0.2, -0.15) is 0 Å². The highest BCUT2D eigenvalue weighted by atomic mass is 127. The van der Waals surface area contributed by atoms with Crippen molar-refractivity contribution in [3.63, 3.8) is 0 Å². The van der Waals surface area contributed by atoms with Gasteiger partial charge in [-0.1, -0.05) is 12.0 Å². The van der Waals surface area contributed by atoms with E-state index in [1.54, 1.807) is 0 Å². The number of hydrogen-bond donors (Lipinski definition) is 2. The molecule has 5 heteroatoms. The first kappa shape index (κ1) is 12.0. The van der Waals surface area contributed by atoms with Crippen molar-refractivity contribution >= 4 is 45.1 Å². The number of aromatic amines is 1. The number of terminal acetylenes is 1. The second-order valence-electron chi connectivity index (χ2n) is 3.95. The third kappa shape index (κ3) is 2.39. The number of anilines is 2. The molecule has 0 saturated heterocycles. The fourth-order valence-corrected chi connectivity index (χ4v) is 2.40. The Labute approximate surface area is 123 Å². The molecule has 19 heavy (non-hydrogen) atoms. The SMILES string of the molecule is C#Cc1cccc(Nc2ncnc3[nH]c(I)cc23)c1. The summed E-state index contributed by atoms with van der Waals surface area (Å²) in [7, 11) is 0. The molecule has 0 unspecified atom stereocenters. The van der Waals surface area contributed by atoms with E-state index in [1.807, 2.05) is 30.3 Å². The zero-order chi connectivity index (χ0) is 13.2. The van der Waals surface area contributed by atoms with Crippen molar-refractivity contribution in [2.24, 2.45) is 0 Å². The van der Waals surface area contributed by atoms with Crippen molar-refractivity contribution in [1.82, 2.24) is 15.0 Å². The maximum absolute atomic E-state index is 5.40. The third-order valence-electron chi connectivity index (χ3n) is 2.68. The Bertz CT molecular complexity index is 785. The molecule has 2 heterocycles. The smallest absolute Gasteiger partial charge is 0.143 e. The molecular weight excluding hydrogens is 351 g/mol. The molecule has 2 aromatic heterocycles. The van der Waals surface area contributed by atoms with Gasteiger partial charge in [0.15, 0.2) is 0 Å². The van der Waals surface area contributed by atoms with Crippen LogP contribution in [0.15, 0.2) is 36.7 Å². The van der Waals surface area contributed by atoms with Gasteiger partial charge < -0.3 is 10.3 Å². The average molecular weight is 360 g/mol. The molecule has 0 saturated carbocycles. The summed E-state index contributed by atoms with van der Waals surface area (Å²) in [6.45, 7) is 0. The van der Waals surface area contributed by atoms with Crippen LogP contribution in [0, 0.1) is 16.0 Å². The van der Waals surface area contributed by atoms with Gasteiger partial charge in [-0.05, 0) is 46.9 Å². The van der Waals surface area contributed by atoms with Crippen LogP contribution in [0.1, 0.15) is 5.56 Å². The molecule has 0 fully saturated rings. The highest BCUT2D eigenvalue weighted by molar-refractivity contribution is 14.1. The Balaban J connectivity index is 2.03. The first-order valence-corrected chi connectivity index (χ1v) is 6.67. The van der Waals surface area contributed by atoms with Crippen molar-refractivity contribution in [2.45, 2.75) is 0 Å². The largest absolute Gasteiger partial charge is 0.340 e. The van der Waals surface area contributed by atoms with E-state index in [0.717, 1.165) is 31.8 Å². The third-order valence-corrected chi connectivity index (χ3v) is 3.27. The summed E-state index contributed by atoms with van der Waals surface area (Å²) in [5.41, 5.74) is 2.56. The number of halogens is 1. The summed E-state index contributed by atoms with van der Waals surface area (Å²) < 4.78 is 1.02. The van der Waals surface area contributed by atoms with Crippen molar-refractivity contribution in [2.75, 3.05) is 5.32 Å². The van der Waals surface area contributed by atoms with Crippen LogP contribution in [0.5, 0.6) is 0 Å². The van der Waals surface area contributed by atoms with Crippen LogP contribution in [-0.2, 0) is 0 Å². The lowest BCUT2D eigenvalue weighted by Gasteiger charge is -2.06. The fourth-order valence-electron chi connectivity index (χ4n) is 1.83. The molecule has 1 aromatic carbocycles. The topological polar surface area (TPSA) is 53.6 Å². The molecule has 0 aliphatic carbocycles. The summed E-state index contributed by atoms with van der Waals surface area (Å²) in [4.78, 5) is 11.6. The van der Waals surface area contributed by atoms with E-state index in [0.29, 0.717) is 0 Å². The molecule has 4 nitrogen and oxygen atoms in total. The lowest BCUT2D eigenvalue weighted by atomic mass is 10.2. The number of benzene rings is 1. The molecule has 0 amide bonds. The Kier molecular flexibility index (Phi) is 3.09. The number of nitrogens with one attached hydrogen (secondary N) is 2. The molecule has 0 radical (unpaired) electrons. The Hall–Kier alpha value is -2.07. The monoisotopic (exact) mass is 360 g/mol. The summed E-state index contributed by atoms with van der Waals surface area (Å²) in [6.07, 6.45) is 6.93. The number of rotatable bonds is 2. The van der Waals surface area contributed by atoms with E-state index in [1.165, 1.54) is 6.33 Å². The van der Waals surface area contributed by atoms with Crippen molar-refractivity contribution in [3.05, 3.63) is 45.9 Å². The minimum Gasteiger partial charge on any atom is -0.340 e. The Morgan fingerprint density at radius 3 is 3.00 bits per heavy atom. The first-order valence-electron chi connectivity index (χ1n) is 5.59. The zero-order valence-corrected chi connectivity index (χ0v) is 12.0. The van der Waals surface area contributed by atoms with Gasteiger partial charge in [-0.15, -0.1) is 6.42 Å². The molecule has 0 spiro atoms. The molecule has 2 N–H and O–H groups in total. The van der Waals surface area contributed by atoms with Crippen LogP contribution >= 0.6 is 22.6 Å². The summed E-state index contributed by atoms with van der Waals surface area (Å²) in [5.74, 6) is 3.38. The fraction of sp³-hybridized carbons (Fsp3) is 0. The second-order valence-corrected chi connectivity index (χ2v) is 5.11. The quantitative estimate of drug-likeness (QED) is 0.545. The summed E-state index contributed by atoms with van der Waals surface area (Å²) in [5, 5.41) is 4.22. The van der Waals surface area contributed by atoms with Gasteiger partial charge in [-0.25, -0.2) is 9.97 Å². The van der Waals surface area contributed by atoms with Crippen LogP contribution in [0.2, 0.25) is 0 Å².